The van der Waals surface area contributed by atoms with Crippen LogP contribution >= 0.6 is 22.6 Å². The number of benzene rings is 2. The summed E-state index contributed by atoms with van der Waals surface area (Å²) in [6.45, 7) is 6.28. The Morgan fingerprint density at radius 2 is 1.95 bits per heavy atom. The number of ether oxygens (including phenoxy) is 1. The van der Waals surface area contributed by atoms with E-state index in [1.807, 2.05) is 30.3 Å². The Morgan fingerprint density at radius 3 is 2.65 bits per heavy atom. The van der Waals surface area contributed by atoms with E-state index >= 15 is 0 Å². The third-order valence-corrected chi connectivity index (χ3v) is 4.01. The van der Waals surface area contributed by atoms with Crippen LogP contribution in [0.25, 0.3) is 0 Å². The molecule has 106 valence electrons. The molecule has 0 fully saturated rings. The number of aryl methyl sites for hydroxylation is 1. The van der Waals surface area contributed by atoms with Gasteiger partial charge >= 0.3 is 0 Å². The highest BCUT2D eigenvalue weighted by Gasteiger charge is 2.04. The van der Waals surface area contributed by atoms with Crippen LogP contribution in [0.1, 0.15) is 24.5 Å². The molecule has 0 atom stereocenters. The molecular weight excluding hydrogens is 361 g/mol. The minimum atomic E-state index is 0.894. The van der Waals surface area contributed by atoms with Crippen molar-refractivity contribution in [2.45, 2.75) is 26.8 Å². The lowest BCUT2D eigenvalue weighted by atomic mass is 10.1. The van der Waals surface area contributed by atoms with Crippen molar-refractivity contribution in [1.29, 1.82) is 0 Å². The van der Waals surface area contributed by atoms with Crippen LogP contribution in [0.15, 0.2) is 42.5 Å². The molecule has 0 aliphatic rings. The van der Waals surface area contributed by atoms with Gasteiger partial charge in [0.15, 0.2) is 0 Å². The average Bonchev–Trinajstić information content (AvgIpc) is 2.44. The van der Waals surface area contributed by atoms with Crippen LogP contribution in [-0.2, 0) is 6.54 Å². The number of nitrogens with one attached hydrogen (secondary N) is 1. The first-order valence-corrected chi connectivity index (χ1v) is 8.01. The molecule has 0 radical (unpaired) electrons. The van der Waals surface area contributed by atoms with E-state index in [1.165, 1.54) is 11.1 Å². The molecule has 2 nitrogen and oxygen atoms in total. The Bertz CT molecular complexity index is 569. The summed E-state index contributed by atoms with van der Waals surface area (Å²) in [5.41, 5.74) is 2.59. The van der Waals surface area contributed by atoms with E-state index in [1.54, 1.807) is 0 Å². The molecule has 0 saturated heterocycles. The summed E-state index contributed by atoms with van der Waals surface area (Å²) in [5.74, 6) is 1.80. The molecule has 2 aromatic rings. The lowest BCUT2D eigenvalue weighted by Crippen LogP contribution is -2.14. The van der Waals surface area contributed by atoms with Crippen LogP contribution in [0.2, 0.25) is 0 Å². The van der Waals surface area contributed by atoms with Crippen molar-refractivity contribution in [3.05, 3.63) is 57.2 Å². The summed E-state index contributed by atoms with van der Waals surface area (Å²) in [5, 5.41) is 3.43. The Kier molecular flexibility index (Phi) is 5.86. The standard InChI is InChI=1S/C17H20INO/c1-3-10-19-12-14-8-9-15(11-13(14)2)20-17-7-5-4-6-16(17)18/h4-9,11,19H,3,10,12H2,1-2H3. The zero-order valence-corrected chi connectivity index (χ0v) is 14.1. The summed E-state index contributed by atoms with van der Waals surface area (Å²) in [6.07, 6.45) is 1.16. The Balaban J connectivity index is 2.07. The molecule has 1 N–H and O–H groups in total. The van der Waals surface area contributed by atoms with Crippen molar-refractivity contribution >= 4 is 22.6 Å². The van der Waals surface area contributed by atoms with E-state index in [4.69, 9.17) is 4.74 Å². The summed E-state index contributed by atoms with van der Waals surface area (Å²) in [6, 6.07) is 14.3. The fraction of sp³-hybridized carbons (Fsp3) is 0.294. The Hall–Kier alpha value is -1.07. The monoisotopic (exact) mass is 381 g/mol. The van der Waals surface area contributed by atoms with Gasteiger partial charge in [-0.05, 0) is 77.9 Å². The van der Waals surface area contributed by atoms with Gasteiger partial charge < -0.3 is 10.1 Å². The number of hydrogen-bond acceptors (Lipinski definition) is 2. The molecule has 0 amide bonds. The first kappa shape index (κ1) is 15.3. The summed E-state index contributed by atoms with van der Waals surface area (Å²) in [4.78, 5) is 0. The fourth-order valence-corrected chi connectivity index (χ4v) is 2.48. The minimum absolute atomic E-state index is 0.894. The van der Waals surface area contributed by atoms with Crippen LogP contribution in [0.5, 0.6) is 11.5 Å². The topological polar surface area (TPSA) is 21.3 Å². The van der Waals surface area contributed by atoms with Crippen molar-refractivity contribution < 1.29 is 4.74 Å². The van der Waals surface area contributed by atoms with Gasteiger partial charge in [0, 0.05) is 6.54 Å². The van der Waals surface area contributed by atoms with Gasteiger partial charge in [-0.1, -0.05) is 25.1 Å². The van der Waals surface area contributed by atoms with Gasteiger partial charge in [-0.3, -0.25) is 0 Å². The smallest absolute Gasteiger partial charge is 0.140 e. The Labute approximate surface area is 134 Å². The van der Waals surface area contributed by atoms with E-state index in [-0.39, 0.29) is 0 Å². The summed E-state index contributed by atoms with van der Waals surface area (Å²) < 4.78 is 7.06. The molecule has 0 heterocycles. The van der Waals surface area contributed by atoms with Crippen LogP contribution in [0, 0.1) is 10.5 Å². The molecule has 0 aliphatic heterocycles. The Morgan fingerprint density at radius 1 is 1.15 bits per heavy atom. The normalized spacial score (nSPS) is 10.6. The van der Waals surface area contributed by atoms with Crippen molar-refractivity contribution in [3.8, 4) is 11.5 Å². The fourth-order valence-electron chi connectivity index (χ4n) is 1.98. The second-order valence-corrected chi connectivity index (χ2v) is 5.96. The number of para-hydroxylation sites is 1. The molecular formula is C17H20INO. The zero-order chi connectivity index (χ0) is 14.4. The van der Waals surface area contributed by atoms with E-state index in [0.29, 0.717) is 0 Å². The lowest BCUT2D eigenvalue weighted by molar-refractivity contribution is 0.478. The van der Waals surface area contributed by atoms with E-state index in [9.17, 15) is 0 Å². The van der Waals surface area contributed by atoms with E-state index in [2.05, 4.69) is 53.9 Å². The third-order valence-electron chi connectivity index (χ3n) is 3.12. The quantitative estimate of drug-likeness (QED) is 0.568. The van der Waals surface area contributed by atoms with Crippen LogP contribution in [-0.4, -0.2) is 6.54 Å². The van der Waals surface area contributed by atoms with Crippen LogP contribution in [0.4, 0.5) is 0 Å². The molecule has 0 saturated carbocycles. The minimum Gasteiger partial charge on any atom is -0.456 e. The molecule has 0 unspecified atom stereocenters. The first-order valence-electron chi connectivity index (χ1n) is 6.93. The SMILES string of the molecule is CCCNCc1ccc(Oc2ccccc2I)cc1C. The van der Waals surface area contributed by atoms with Crippen LogP contribution in [0.3, 0.4) is 0 Å². The third kappa shape index (κ3) is 4.21. The molecule has 2 aromatic carbocycles. The maximum absolute atomic E-state index is 5.94. The van der Waals surface area contributed by atoms with Gasteiger partial charge in [-0.2, -0.15) is 0 Å². The first-order chi connectivity index (χ1) is 9.70. The van der Waals surface area contributed by atoms with Crippen molar-refractivity contribution in [3.63, 3.8) is 0 Å². The largest absolute Gasteiger partial charge is 0.456 e. The van der Waals surface area contributed by atoms with Crippen molar-refractivity contribution in [2.24, 2.45) is 0 Å². The summed E-state index contributed by atoms with van der Waals surface area (Å²) >= 11 is 2.29. The highest BCUT2D eigenvalue weighted by Crippen LogP contribution is 2.27. The molecule has 2 rings (SSSR count). The second kappa shape index (κ2) is 7.64. The number of rotatable bonds is 6. The van der Waals surface area contributed by atoms with E-state index < -0.39 is 0 Å². The van der Waals surface area contributed by atoms with Gasteiger partial charge in [0.25, 0.3) is 0 Å². The van der Waals surface area contributed by atoms with Crippen molar-refractivity contribution in [1.82, 2.24) is 5.32 Å². The maximum atomic E-state index is 5.94. The molecule has 0 aromatic heterocycles. The highest BCUT2D eigenvalue weighted by atomic mass is 127. The highest BCUT2D eigenvalue weighted by molar-refractivity contribution is 14.1. The van der Waals surface area contributed by atoms with Gasteiger partial charge in [0.2, 0.25) is 0 Å². The molecule has 0 aliphatic carbocycles. The van der Waals surface area contributed by atoms with Gasteiger partial charge in [0.05, 0.1) is 3.57 Å². The average molecular weight is 381 g/mol. The molecule has 20 heavy (non-hydrogen) atoms. The zero-order valence-electron chi connectivity index (χ0n) is 11.9. The van der Waals surface area contributed by atoms with Gasteiger partial charge in [-0.15, -0.1) is 0 Å². The summed E-state index contributed by atoms with van der Waals surface area (Å²) in [7, 11) is 0. The van der Waals surface area contributed by atoms with E-state index in [0.717, 1.165) is 34.6 Å². The maximum Gasteiger partial charge on any atom is 0.140 e. The van der Waals surface area contributed by atoms with Crippen LogP contribution < -0.4 is 10.1 Å². The molecule has 0 bridgehead atoms. The lowest BCUT2D eigenvalue weighted by Gasteiger charge is -2.11. The van der Waals surface area contributed by atoms with Gasteiger partial charge in [-0.25, -0.2) is 0 Å². The van der Waals surface area contributed by atoms with Gasteiger partial charge in [0.1, 0.15) is 11.5 Å². The number of halogens is 1. The second-order valence-electron chi connectivity index (χ2n) is 4.80. The predicted molar refractivity (Wildman–Crippen MR) is 92.4 cm³/mol. The van der Waals surface area contributed by atoms with Crippen molar-refractivity contribution in [2.75, 3.05) is 6.54 Å². The predicted octanol–water partition coefficient (Wildman–Crippen LogP) is 4.89. The molecule has 3 heteroatoms. The molecule has 0 spiro atoms. The number of hydrogen-bond donors (Lipinski definition) is 1.